The summed E-state index contributed by atoms with van der Waals surface area (Å²) in [7, 11) is -2.86. The lowest BCUT2D eigenvalue weighted by molar-refractivity contribution is 0.0948. The van der Waals surface area contributed by atoms with Gasteiger partial charge in [-0.3, -0.25) is 4.79 Å². The van der Waals surface area contributed by atoms with Crippen molar-refractivity contribution in [2.24, 2.45) is 5.92 Å². The van der Waals surface area contributed by atoms with E-state index in [0.29, 0.717) is 18.5 Å². The Morgan fingerprint density at radius 1 is 1.29 bits per heavy atom. The topological polar surface area (TPSA) is 63.2 Å². The van der Waals surface area contributed by atoms with Crippen molar-refractivity contribution in [3.8, 4) is 0 Å². The summed E-state index contributed by atoms with van der Waals surface area (Å²) >= 11 is 0. The highest BCUT2D eigenvalue weighted by molar-refractivity contribution is 7.91. The Morgan fingerprint density at radius 3 is 2.59 bits per heavy atom. The van der Waals surface area contributed by atoms with Crippen LogP contribution in [0.15, 0.2) is 30.3 Å². The average molecular weight is 253 g/mol. The molecule has 0 aromatic heterocycles. The molecule has 1 fully saturated rings. The van der Waals surface area contributed by atoms with E-state index in [9.17, 15) is 13.2 Å². The minimum atomic E-state index is -2.86. The van der Waals surface area contributed by atoms with Gasteiger partial charge in [-0.05, 0) is 24.5 Å². The quantitative estimate of drug-likeness (QED) is 0.868. The van der Waals surface area contributed by atoms with Gasteiger partial charge in [0.25, 0.3) is 5.91 Å². The van der Waals surface area contributed by atoms with Gasteiger partial charge in [-0.25, -0.2) is 8.42 Å². The van der Waals surface area contributed by atoms with Crippen molar-refractivity contribution in [3.05, 3.63) is 35.9 Å². The first-order valence-corrected chi connectivity index (χ1v) is 7.43. The molecule has 4 nitrogen and oxygen atoms in total. The molecule has 92 valence electrons. The Morgan fingerprint density at radius 2 is 2.00 bits per heavy atom. The molecule has 1 saturated heterocycles. The van der Waals surface area contributed by atoms with Crippen LogP contribution in [0.5, 0.6) is 0 Å². The summed E-state index contributed by atoms with van der Waals surface area (Å²) < 4.78 is 22.5. The molecular weight excluding hydrogens is 238 g/mol. The molecule has 1 aliphatic rings. The smallest absolute Gasteiger partial charge is 0.251 e. The molecule has 0 unspecified atom stereocenters. The third-order valence-corrected chi connectivity index (χ3v) is 4.75. The van der Waals surface area contributed by atoms with Crippen molar-refractivity contribution >= 4 is 15.7 Å². The first kappa shape index (κ1) is 12.1. The van der Waals surface area contributed by atoms with Crippen LogP contribution in [0.2, 0.25) is 0 Å². The highest BCUT2D eigenvalue weighted by Gasteiger charge is 2.27. The monoisotopic (exact) mass is 253 g/mol. The summed E-state index contributed by atoms with van der Waals surface area (Å²) in [4.78, 5) is 11.7. The number of hydrogen-bond acceptors (Lipinski definition) is 3. The predicted octanol–water partition coefficient (Wildman–Crippen LogP) is 0.851. The fourth-order valence-corrected chi connectivity index (χ4v) is 3.82. The zero-order valence-corrected chi connectivity index (χ0v) is 10.2. The fourth-order valence-electron chi connectivity index (χ4n) is 1.96. The molecule has 0 spiro atoms. The number of hydrogen-bond donors (Lipinski definition) is 1. The van der Waals surface area contributed by atoms with Crippen molar-refractivity contribution in [1.29, 1.82) is 0 Å². The van der Waals surface area contributed by atoms with Crippen LogP contribution in [0.3, 0.4) is 0 Å². The molecule has 1 heterocycles. The molecule has 1 atom stereocenters. The first-order valence-electron chi connectivity index (χ1n) is 5.60. The second-order valence-corrected chi connectivity index (χ2v) is 6.57. The summed E-state index contributed by atoms with van der Waals surface area (Å²) in [6.07, 6.45) is 0.650. The molecule has 5 heteroatoms. The third kappa shape index (κ3) is 3.30. The Bertz CT molecular complexity index is 496. The summed E-state index contributed by atoms with van der Waals surface area (Å²) in [5, 5.41) is 2.78. The number of carbonyl (C=O) groups excluding carboxylic acids is 1. The van der Waals surface area contributed by atoms with Gasteiger partial charge in [0.1, 0.15) is 0 Å². The summed E-state index contributed by atoms with van der Waals surface area (Å²) in [5.74, 6) is 0.364. The highest BCUT2D eigenvalue weighted by atomic mass is 32.2. The lowest BCUT2D eigenvalue weighted by Crippen LogP contribution is -2.29. The van der Waals surface area contributed by atoms with E-state index in [0.717, 1.165) is 0 Å². The van der Waals surface area contributed by atoms with Crippen LogP contribution in [0.25, 0.3) is 0 Å². The predicted molar refractivity (Wildman–Crippen MR) is 65.5 cm³/mol. The molecule has 2 rings (SSSR count). The van der Waals surface area contributed by atoms with Gasteiger partial charge in [0.15, 0.2) is 9.84 Å². The SMILES string of the molecule is O=C(NC[C@@H]1CCS(=O)(=O)C1)c1ccccc1. The minimum Gasteiger partial charge on any atom is -0.352 e. The normalized spacial score (nSPS) is 22.2. The summed E-state index contributed by atoms with van der Waals surface area (Å²) in [6, 6.07) is 8.92. The van der Waals surface area contributed by atoms with Crippen molar-refractivity contribution in [3.63, 3.8) is 0 Å². The van der Waals surface area contributed by atoms with Gasteiger partial charge in [-0.15, -0.1) is 0 Å². The van der Waals surface area contributed by atoms with Crippen LogP contribution in [0.4, 0.5) is 0 Å². The largest absolute Gasteiger partial charge is 0.352 e. The highest BCUT2D eigenvalue weighted by Crippen LogP contribution is 2.17. The Hall–Kier alpha value is -1.36. The molecule has 1 aromatic rings. The van der Waals surface area contributed by atoms with E-state index in [1.807, 2.05) is 6.07 Å². The van der Waals surface area contributed by atoms with Crippen LogP contribution in [-0.4, -0.2) is 32.4 Å². The maximum atomic E-state index is 11.7. The Labute approximate surface area is 101 Å². The van der Waals surface area contributed by atoms with Crippen molar-refractivity contribution in [1.82, 2.24) is 5.32 Å². The Balaban J connectivity index is 1.86. The van der Waals surface area contributed by atoms with Crippen molar-refractivity contribution < 1.29 is 13.2 Å². The lowest BCUT2D eigenvalue weighted by atomic mass is 10.1. The van der Waals surface area contributed by atoms with Crippen molar-refractivity contribution in [2.75, 3.05) is 18.1 Å². The van der Waals surface area contributed by atoms with E-state index in [1.165, 1.54) is 0 Å². The van der Waals surface area contributed by atoms with Gasteiger partial charge in [0.2, 0.25) is 0 Å². The molecule has 0 aliphatic carbocycles. The number of carbonyl (C=O) groups is 1. The van der Waals surface area contributed by atoms with E-state index in [1.54, 1.807) is 24.3 Å². The number of sulfone groups is 1. The van der Waals surface area contributed by atoms with Crippen LogP contribution in [-0.2, 0) is 9.84 Å². The number of benzene rings is 1. The molecule has 17 heavy (non-hydrogen) atoms. The summed E-state index contributed by atoms with van der Waals surface area (Å²) in [5.41, 5.74) is 0.605. The number of amides is 1. The fraction of sp³-hybridized carbons (Fsp3) is 0.417. The van der Waals surface area contributed by atoms with Crippen molar-refractivity contribution in [2.45, 2.75) is 6.42 Å². The van der Waals surface area contributed by atoms with E-state index in [4.69, 9.17) is 0 Å². The number of nitrogens with one attached hydrogen (secondary N) is 1. The number of rotatable bonds is 3. The molecule has 0 saturated carbocycles. The molecule has 1 aromatic carbocycles. The maximum absolute atomic E-state index is 11.7. The molecular formula is C12H15NO3S. The van der Waals surface area contributed by atoms with Gasteiger partial charge in [-0.2, -0.15) is 0 Å². The third-order valence-electron chi connectivity index (χ3n) is 2.91. The van der Waals surface area contributed by atoms with E-state index in [-0.39, 0.29) is 23.3 Å². The second-order valence-electron chi connectivity index (χ2n) is 4.35. The van der Waals surface area contributed by atoms with Gasteiger partial charge in [0, 0.05) is 12.1 Å². The van der Waals surface area contributed by atoms with Gasteiger partial charge in [0.05, 0.1) is 11.5 Å². The molecule has 1 aliphatic heterocycles. The van der Waals surface area contributed by atoms with Gasteiger partial charge in [-0.1, -0.05) is 18.2 Å². The van der Waals surface area contributed by atoms with Crippen LogP contribution in [0.1, 0.15) is 16.8 Å². The average Bonchev–Trinajstić information content (AvgIpc) is 2.67. The first-order chi connectivity index (χ1) is 8.07. The van der Waals surface area contributed by atoms with Gasteiger partial charge >= 0.3 is 0 Å². The minimum absolute atomic E-state index is 0.0627. The molecule has 1 N–H and O–H groups in total. The zero-order valence-electron chi connectivity index (χ0n) is 9.43. The van der Waals surface area contributed by atoms with Crippen LogP contribution in [0, 0.1) is 5.92 Å². The molecule has 0 radical (unpaired) electrons. The van der Waals surface area contributed by atoms with Crippen LogP contribution < -0.4 is 5.32 Å². The molecule has 0 bridgehead atoms. The second kappa shape index (κ2) is 4.87. The lowest BCUT2D eigenvalue weighted by Gasteiger charge is -2.09. The maximum Gasteiger partial charge on any atom is 0.251 e. The standard InChI is InChI=1S/C12H15NO3S/c14-12(11-4-2-1-3-5-11)13-8-10-6-7-17(15,16)9-10/h1-5,10H,6-9H2,(H,13,14)/t10-/m0/s1. The van der Waals surface area contributed by atoms with E-state index < -0.39 is 9.84 Å². The van der Waals surface area contributed by atoms with Gasteiger partial charge < -0.3 is 5.32 Å². The zero-order chi connectivity index (χ0) is 12.3. The Kier molecular flexibility index (Phi) is 3.47. The van der Waals surface area contributed by atoms with Crippen LogP contribution >= 0.6 is 0 Å². The van der Waals surface area contributed by atoms with E-state index >= 15 is 0 Å². The molecule has 1 amide bonds. The summed E-state index contributed by atoms with van der Waals surface area (Å²) in [6.45, 7) is 0.437. The van der Waals surface area contributed by atoms with E-state index in [2.05, 4.69) is 5.32 Å².